The minimum Gasteiger partial charge on any atom is -0.495 e. The second-order valence-corrected chi connectivity index (χ2v) is 11.9. The third kappa shape index (κ3) is 5.02. The van der Waals surface area contributed by atoms with Crippen LogP contribution in [-0.4, -0.2) is 38.9 Å². The van der Waals surface area contributed by atoms with Crippen LogP contribution < -0.4 is 9.64 Å². The van der Waals surface area contributed by atoms with Crippen LogP contribution >= 0.6 is 46.1 Å². The van der Waals surface area contributed by atoms with Crippen LogP contribution in [0.15, 0.2) is 46.7 Å². The van der Waals surface area contributed by atoms with Gasteiger partial charge in [0.2, 0.25) is 0 Å². The number of rotatable bonds is 6. The monoisotopic (exact) mass is 530 g/mol. The number of ether oxygens (including phenoxy) is 1. The van der Waals surface area contributed by atoms with Gasteiger partial charge < -0.3 is 9.64 Å². The number of anilines is 1. The quantitative estimate of drug-likeness (QED) is 0.382. The molecule has 1 aliphatic heterocycles. The van der Waals surface area contributed by atoms with Gasteiger partial charge in [-0.1, -0.05) is 40.9 Å². The van der Waals surface area contributed by atoms with Crippen molar-refractivity contribution in [2.75, 3.05) is 25.1 Å². The Kier molecular flexibility index (Phi) is 7.22. The highest BCUT2D eigenvalue weighted by Crippen LogP contribution is 2.34. The van der Waals surface area contributed by atoms with Gasteiger partial charge in [0.1, 0.15) is 10.6 Å². The number of halogens is 3. The van der Waals surface area contributed by atoms with Gasteiger partial charge in [0.25, 0.3) is 0 Å². The summed E-state index contributed by atoms with van der Waals surface area (Å²) < 4.78 is 31.7. The first-order chi connectivity index (χ1) is 15.3. The van der Waals surface area contributed by atoms with Crippen molar-refractivity contribution in [3.8, 4) is 5.75 Å². The molecular formula is C22H21Cl3N2O3S2. The van der Waals surface area contributed by atoms with Crippen molar-refractivity contribution in [2.45, 2.75) is 29.4 Å². The van der Waals surface area contributed by atoms with Crippen LogP contribution in [0.5, 0.6) is 5.75 Å². The van der Waals surface area contributed by atoms with Gasteiger partial charge in [0, 0.05) is 29.9 Å². The van der Waals surface area contributed by atoms with Crippen LogP contribution in [0.3, 0.4) is 0 Å². The Hall–Kier alpha value is -1.51. The molecule has 3 aromatic rings. The van der Waals surface area contributed by atoms with Crippen LogP contribution in [0.1, 0.15) is 24.1 Å². The smallest absolute Gasteiger partial charge is 0.185 e. The molecule has 4 rings (SSSR count). The molecular weight excluding hydrogens is 511 g/mol. The average molecular weight is 532 g/mol. The summed E-state index contributed by atoms with van der Waals surface area (Å²) in [6.45, 7) is 1.24. The molecule has 2 aromatic carbocycles. The first-order valence-electron chi connectivity index (χ1n) is 9.98. The highest BCUT2D eigenvalue weighted by Gasteiger charge is 2.34. The zero-order chi connectivity index (χ0) is 22.9. The van der Waals surface area contributed by atoms with Gasteiger partial charge in [-0.2, -0.15) is 0 Å². The Balaban J connectivity index is 1.43. The first-order valence-corrected chi connectivity index (χ1v) is 13.5. The van der Waals surface area contributed by atoms with Crippen LogP contribution in [0.2, 0.25) is 15.1 Å². The molecule has 10 heteroatoms. The topological polar surface area (TPSA) is 59.5 Å². The van der Waals surface area contributed by atoms with E-state index in [9.17, 15) is 8.42 Å². The number of methoxy groups -OCH3 is 1. The van der Waals surface area contributed by atoms with E-state index in [1.165, 1.54) is 13.2 Å². The van der Waals surface area contributed by atoms with E-state index >= 15 is 0 Å². The number of aromatic nitrogens is 1. The number of benzene rings is 2. The molecule has 0 radical (unpaired) electrons. The lowest BCUT2D eigenvalue weighted by Crippen LogP contribution is -2.39. The molecule has 1 aromatic heterocycles. The maximum absolute atomic E-state index is 13.2. The van der Waals surface area contributed by atoms with Gasteiger partial charge in [-0.3, -0.25) is 0 Å². The summed E-state index contributed by atoms with van der Waals surface area (Å²) in [6.07, 6.45) is 1.69. The second-order valence-electron chi connectivity index (χ2n) is 7.57. The fourth-order valence-electron chi connectivity index (χ4n) is 3.79. The molecule has 1 fully saturated rings. The Morgan fingerprint density at radius 2 is 1.84 bits per heavy atom. The molecule has 0 amide bonds. The lowest BCUT2D eigenvalue weighted by atomic mass is 10.1. The predicted molar refractivity (Wildman–Crippen MR) is 132 cm³/mol. The van der Waals surface area contributed by atoms with Crippen LogP contribution in [0.25, 0.3) is 0 Å². The molecule has 1 aliphatic rings. The number of thiazole rings is 1. The number of piperidine rings is 1. The Labute approximate surface area is 206 Å². The molecule has 0 aliphatic carbocycles. The summed E-state index contributed by atoms with van der Waals surface area (Å²) in [7, 11) is -2.09. The van der Waals surface area contributed by atoms with Crippen molar-refractivity contribution in [1.82, 2.24) is 4.98 Å². The van der Waals surface area contributed by atoms with Crippen molar-refractivity contribution >= 4 is 61.1 Å². The van der Waals surface area contributed by atoms with Crippen molar-refractivity contribution < 1.29 is 13.2 Å². The molecule has 0 N–H and O–H groups in total. The summed E-state index contributed by atoms with van der Waals surface area (Å²) in [6, 6.07) is 10.3. The summed E-state index contributed by atoms with van der Waals surface area (Å²) in [5.41, 5.74) is 1.98. The Morgan fingerprint density at radius 1 is 1.09 bits per heavy atom. The summed E-state index contributed by atoms with van der Waals surface area (Å²) >= 11 is 19.7. The van der Waals surface area contributed by atoms with E-state index < -0.39 is 15.1 Å². The highest BCUT2D eigenvalue weighted by atomic mass is 35.5. The minimum absolute atomic E-state index is 0.157. The SMILES string of the molecule is COc1ccc(Cl)cc1S(=O)(=O)C1CCN(c2nc(Cc3ccc(Cl)c(Cl)c3)cs2)CC1. The lowest BCUT2D eigenvalue weighted by molar-refractivity contribution is 0.402. The molecule has 0 bridgehead atoms. The maximum atomic E-state index is 13.2. The standard InChI is InChI=1S/C22H21Cl3N2O3S2/c1-30-20-5-3-15(23)12-21(20)32(28,29)17-6-8-27(9-7-17)22-26-16(13-31-22)10-14-2-4-18(24)19(25)11-14/h2-5,11-13,17H,6-10H2,1H3. The predicted octanol–water partition coefficient (Wildman–Crippen LogP) is 6.15. The van der Waals surface area contributed by atoms with Gasteiger partial charge in [0.15, 0.2) is 15.0 Å². The molecule has 0 spiro atoms. The summed E-state index contributed by atoms with van der Waals surface area (Å²) in [5, 5.41) is 3.87. The third-order valence-corrected chi connectivity index (χ3v) is 9.70. The highest BCUT2D eigenvalue weighted by molar-refractivity contribution is 7.92. The normalized spacial score (nSPS) is 15.2. The average Bonchev–Trinajstić information content (AvgIpc) is 3.25. The number of sulfone groups is 1. The Bertz CT molecular complexity index is 1220. The van der Waals surface area contributed by atoms with E-state index in [4.69, 9.17) is 44.5 Å². The van der Waals surface area contributed by atoms with E-state index in [1.807, 2.05) is 17.5 Å². The van der Waals surface area contributed by atoms with Gasteiger partial charge in [-0.25, -0.2) is 13.4 Å². The minimum atomic E-state index is -3.55. The van der Waals surface area contributed by atoms with Crippen LogP contribution in [0, 0.1) is 0 Å². The lowest BCUT2D eigenvalue weighted by Gasteiger charge is -2.31. The molecule has 32 heavy (non-hydrogen) atoms. The van der Waals surface area contributed by atoms with Gasteiger partial charge >= 0.3 is 0 Å². The van der Waals surface area contributed by atoms with E-state index in [1.54, 1.807) is 29.5 Å². The van der Waals surface area contributed by atoms with E-state index in [-0.39, 0.29) is 4.90 Å². The summed E-state index contributed by atoms with van der Waals surface area (Å²) in [4.78, 5) is 7.05. The molecule has 0 unspecified atom stereocenters. The van der Waals surface area contributed by atoms with Crippen LogP contribution in [0.4, 0.5) is 5.13 Å². The van der Waals surface area contributed by atoms with Crippen molar-refractivity contribution in [2.24, 2.45) is 0 Å². The first kappa shape index (κ1) is 23.6. The van der Waals surface area contributed by atoms with E-state index in [2.05, 4.69) is 4.90 Å². The number of hydrogen-bond donors (Lipinski definition) is 0. The molecule has 2 heterocycles. The van der Waals surface area contributed by atoms with E-state index in [0.29, 0.717) is 53.2 Å². The molecule has 170 valence electrons. The van der Waals surface area contributed by atoms with Crippen molar-refractivity contribution in [3.05, 3.63) is 68.1 Å². The van der Waals surface area contributed by atoms with Gasteiger partial charge in [0.05, 0.1) is 28.1 Å². The van der Waals surface area contributed by atoms with Gasteiger partial charge in [-0.15, -0.1) is 11.3 Å². The zero-order valence-electron chi connectivity index (χ0n) is 17.2. The molecule has 0 atom stereocenters. The number of hydrogen-bond acceptors (Lipinski definition) is 6. The zero-order valence-corrected chi connectivity index (χ0v) is 21.1. The van der Waals surface area contributed by atoms with Crippen LogP contribution in [-0.2, 0) is 16.3 Å². The van der Waals surface area contributed by atoms with E-state index in [0.717, 1.165) is 16.4 Å². The Morgan fingerprint density at radius 3 is 2.53 bits per heavy atom. The van der Waals surface area contributed by atoms with Crippen molar-refractivity contribution in [1.29, 1.82) is 0 Å². The second kappa shape index (κ2) is 9.77. The summed E-state index contributed by atoms with van der Waals surface area (Å²) in [5.74, 6) is 0.323. The maximum Gasteiger partial charge on any atom is 0.185 e. The third-order valence-electron chi connectivity index (χ3n) is 5.49. The van der Waals surface area contributed by atoms with Crippen molar-refractivity contribution in [3.63, 3.8) is 0 Å². The molecule has 5 nitrogen and oxygen atoms in total. The molecule has 1 saturated heterocycles. The molecule has 0 saturated carbocycles. The fourth-order valence-corrected chi connectivity index (χ4v) is 7.14. The van der Waals surface area contributed by atoms with Gasteiger partial charge in [-0.05, 0) is 48.7 Å². The largest absolute Gasteiger partial charge is 0.495 e. The number of nitrogens with zero attached hydrogens (tertiary/aromatic N) is 2. The fraction of sp³-hybridized carbons (Fsp3) is 0.318.